The number of nitrogens with one attached hydrogen (secondary N) is 1. The fourth-order valence-electron chi connectivity index (χ4n) is 2.87. The van der Waals surface area contributed by atoms with Gasteiger partial charge in [0.2, 0.25) is 5.91 Å². The minimum absolute atomic E-state index is 0.0838. The zero-order chi connectivity index (χ0) is 16.4. The molecule has 0 bridgehead atoms. The molecular formula is C15H20N4O2S2. The van der Waals surface area contributed by atoms with E-state index in [1.165, 1.54) is 0 Å². The molecule has 1 amide bonds. The summed E-state index contributed by atoms with van der Waals surface area (Å²) in [5.74, 6) is 0.925. The van der Waals surface area contributed by atoms with Crippen LogP contribution in [0, 0.1) is 4.77 Å². The van der Waals surface area contributed by atoms with Crippen LogP contribution in [-0.4, -0.2) is 50.9 Å². The first-order valence-corrected chi connectivity index (χ1v) is 8.95. The highest BCUT2D eigenvalue weighted by Gasteiger charge is 2.25. The van der Waals surface area contributed by atoms with E-state index >= 15 is 0 Å². The van der Waals surface area contributed by atoms with Crippen LogP contribution in [0.4, 0.5) is 0 Å². The summed E-state index contributed by atoms with van der Waals surface area (Å²) in [6.07, 6.45) is 0.576. The molecule has 2 aromatic rings. The van der Waals surface area contributed by atoms with Crippen molar-refractivity contribution in [1.29, 1.82) is 0 Å². The van der Waals surface area contributed by atoms with Crippen LogP contribution in [0.5, 0.6) is 0 Å². The molecule has 0 spiro atoms. The van der Waals surface area contributed by atoms with Crippen LogP contribution in [0.3, 0.4) is 0 Å². The van der Waals surface area contributed by atoms with Crippen molar-refractivity contribution in [1.82, 2.24) is 19.7 Å². The Morgan fingerprint density at radius 2 is 2.22 bits per heavy atom. The number of aromatic nitrogens is 3. The SMILES string of the molecule is CC1CN(C(=O)CCn2c(-c3cccs3)n[nH]c2=S)CC(C)O1. The zero-order valence-electron chi connectivity index (χ0n) is 13.2. The Labute approximate surface area is 144 Å². The summed E-state index contributed by atoms with van der Waals surface area (Å²) in [4.78, 5) is 15.4. The molecule has 1 saturated heterocycles. The Kier molecular flexibility index (Phi) is 4.93. The summed E-state index contributed by atoms with van der Waals surface area (Å²) in [5, 5.41) is 9.10. The molecule has 23 heavy (non-hydrogen) atoms. The molecule has 0 radical (unpaired) electrons. The second-order valence-corrected chi connectivity index (χ2v) is 7.12. The highest BCUT2D eigenvalue weighted by Crippen LogP contribution is 2.23. The van der Waals surface area contributed by atoms with Gasteiger partial charge in [0.15, 0.2) is 10.6 Å². The highest BCUT2D eigenvalue weighted by molar-refractivity contribution is 7.71. The average molecular weight is 352 g/mol. The van der Waals surface area contributed by atoms with Gasteiger partial charge in [-0.3, -0.25) is 14.5 Å². The monoisotopic (exact) mass is 352 g/mol. The summed E-state index contributed by atoms with van der Waals surface area (Å²) in [7, 11) is 0. The third-order valence-electron chi connectivity index (χ3n) is 3.82. The van der Waals surface area contributed by atoms with E-state index in [9.17, 15) is 4.79 Å². The maximum atomic E-state index is 12.5. The second kappa shape index (κ2) is 6.94. The Hall–Kier alpha value is -1.51. The number of aromatic amines is 1. The van der Waals surface area contributed by atoms with Crippen LogP contribution in [-0.2, 0) is 16.1 Å². The van der Waals surface area contributed by atoms with Gasteiger partial charge in [-0.05, 0) is 37.5 Å². The van der Waals surface area contributed by atoms with Gasteiger partial charge in [0.05, 0.1) is 17.1 Å². The van der Waals surface area contributed by atoms with E-state index in [-0.39, 0.29) is 18.1 Å². The maximum Gasteiger partial charge on any atom is 0.224 e. The van der Waals surface area contributed by atoms with Crippen LogP contribution in [0.25, 0.3) is 10.7 Å². The minimum atomic E-state index is 0.0838. The Balaban J connectivity index is 1.68. The molecule has 3 rings (SSSR count). The molecule has 8 heteroatoms. The minimum Gasteiger partial charge on any atom is -0.372 e. The smallest absolute Gasteiger partial charge is 0.224 e. The van der Waals surface area contributed by atoms with Gasteiger partial charge in [-0.15, -0.1) is 11.3 Å². The van der Waals surface area contributed by atoms with Gasteiger partial charge in [-0.1, -0.05) is 6.07 Å². The lowest BCUT2D eigenvalue weighted by molar-refractivity contribution is -0.143. The predicted octanol–water partition coefficient (Wildman–Crippen LogP) is 2.70. The average Bonchev–Trinajstić information content (AvgIpc) is 3.13. The van der Waals surface area contributed by atoms with Gasteiger partial charge in [0.1, 0.15) is 0 Å². The number of ether oxygens (including phenoxy) is 1. The van der Waals surface area contributed by atoms with Gasteiger partial charge in [-0.25, -0.2) is 0 Å². The predicted molar refractivity (Wildman–Crippen MR) is 91.9 cm³/mol. The lowest BCUT2D eigenvalue weighted by Crippen LogP contribution is -2.48. The standard InChI is InChI=1S/C15H20N4O2S2/c1-10-8-18(9-11(2)21-10)13(20)5-6-19-14(16-17-15(19)22)12-4-3-7-23-12/h3-4,7,10-11H,5-6,8-9H2,1-2H3,(H,17,22). The molecule has 1 N–H and O–H groups in total. The van der Waals surface area contributed by atoms with E-state index in [0.717, 1.165) is 10.7 Å². The lowest BCUT2D eigenvalue weighted by atomic mass is 10.2. The molecule has 1 aliphatic rings. The van der Waals surface area contributed by atoms with Gasteiger partial charge in [0, 0.05) is 26.1 Å². The van der Waals surface area contributed by atoms with Crippen molar-refractivity contribution in [2.45, 2.75) is 39.0 Å². The summed E-state index contributed by atoms with van der Waals surface area (Å²) in [5.41, 5.74) is 0. The fraction of sp³-hybridized carbons (Fsp3) is 0.533. The number of hydrogen-bond acceptors (Lipinski definition) is 5. The van der Waals surface area contributed by atoms with Crippen LogP contribution in [0.2, 0.25) is 0 Å². The molecule has 1 fully saturated rings. The lowest BCUT2D eigenvalue weighted by Gasteiger charge is -2.35. The topological polar surface area (TPSA) is 63.2 Å². The van der Waals surface area contributed by atoms with E-state index in [4.69, 9.17) is 17.0 Å². The number of carbonyl (C=O) groups excluding carboxylic acids is 1. The number of morpholine rings is 1. The van der Waals surface area contributed by atoms with Crippen molar-refractivity contribution >= 4 is 29.5 Å². The molecular weight excluding hydrogens is 332 g/mol. The third-order valence-corrected chi connectivity index (χ3v) is 5.00. The first-order chi connectivity index (χ1) is 11.0. The normalized spacial score (nSPS) is 21.6. The van der Waals surface area contributed by atoms with Gasteiger partial charge in [0.25, 0.3) is 0 Å². The Morgan fingerprint density at radius 1 is 1.48 bits per heavy atom. The molecule has 1 aliphatic heterocycles. The highest BCUT2D eigenvalue weighted by atomic mass is 32.1. The van der Waals surface area contributed by atoms with Crippen LogP contribution in [0.1, 0.15) is 20.3 Å². The molecule has 2 aromatic heterocycles. The van der Waals surface area contributed by atoms with Gasteiger partial charge >= 0.3 is 0 Å². The van der Waals surface area contributed by atoms with Crippen molar-refractivity contribution in [2.24, 2.45) is 0 Å². The third kappa shape index (κ3) is 3.70. The summed E-state index contributed by atoms with van der Waals surface area (Å²) in [6.45, 7) is 5.82. The second-order valence-electron chi connectivity index (χ2n) is 5.79. The van der Waals surface area contributed by atoms with Gasteiger partial charge < -0.3 is 9.64 Å². The molecule has 124 valence electrons. The first kappa shape index (κ1) is 16.4. The van der Waals surface area contributed by atoms with E-state index < -0.39 is 0 Å². The van der Waals surface area contributed by atoms with Crippen molar-refractivity contribution in [3.05, 3.63) is 22.3 Å². The number of rotatable bonds is 4. The number of nitrogens with zero attached hydrogens (tertiary/aromatic N) is 3. The van der Waals surface area contributed by atoms with E-state index in [1.807, 2.05) is 40.8 Å². The van der Waals surface area contributed by atoms with Crippen molar-refractivity contribution in [3.8, 4) is 10.7 Å². The number of hydrogen-bond donors (Lipinski definition) is 1. The van der Waals surface area contributed by atoms with Gasteiger partial charge in [-0.2, -0.15) is 5.10 Å². The van der Waals surface area contributed by atoms with E-state index in [0.29, 0.717) is 30.8 Å². The molecule has 3 heterocycles. The van der Waals surface area contributed by atoms with Crippen molar-refractivity contribution in [2.75, 3.05) is 13.1 Å². The maximum absolute atomic E-state index is 12.5. The van der Waals surface area contributed by atoms with Crippen LogP contribution >= 0.6 is 23.6 Å². The molecule has 0 aliphatic carbocycles. The summed E-state index contributed by atoms with van der Waals surface area (Å²) >= 11 is 6.90. The summed E-state index contributed by atoms with van der Waals surface area (Å²) in [6, 6.07) is 3.98. The number of carbonyl (C=O) groups is 1. The Morgan fingerprint density at radius 3 is 2.87 bits per heavy atom. The largest absolute Gasteiger partial charge is 0.372 e. The number of amides is 1. The zero-order valence-corrected chi connectivity index (χ0v) is 14.8. The first-order valence-electron chi connectivity index (χ1n) is 7.67. The molecule has 0 saturated carbocycles. The van der Waals surface area contributed by atoms with Crippen LogP contribution < -0.4 is 0 Å². The fourth-order valence-corrected chi connectivity index (χ4v) is 3.81. The molecule has 0 aromatic carbocycles. The van der Waals surface area contributed by atoms with Crippen molar-refractivity contribution < 1.29 is 9.53 Å². The Bertz CT molecular complexity index is 712. The quantitative estimate of drug-likeness (QED) is 0.860. The van der Waals surface area contributed by atoms with Crippen LogP contribution in [0.15, 0.2) is 17.5 Å². The number of thiophene rings is 1. The molecule has 2 atom stereocenters. The van der Waals surface area contributed by atoms with E-state index in [1.54, 1.807) is 11.3 Å². The molecule has 2 unspecified atom stereocenters. The van der Waals surface area contributed by atoms with Crippen molar-refractivity contribution in [3.63, 3.8) is 0 Å². The molecule has 6 nitrogen and oxygen atoms in total. The number of H-pyrrole nitrogens is 1. The van der Waals surface area contributed by atoms with E-state index in [2.05, 4.69) is 10.2 Å². The summed E-state index contributed by atoms with van der Waals surface area (Å²) < 4.78 is 8.12.